The van der Waals surface area contributed by atoms with Crippen LogP contribution in [0.4, 0.5) is 13.2 Å². The molecule has 0 aromatic heterocycles. The zero-order valence-electron chi connectivity index (χ0n) is 12.2. The number of carbonyl (C=O) groups excluding carboxylic acids is 1. The van der Waals surface area contributed by atoms with Crippen LogP contribution in [-0.4, -0.2) is 36.4 Å². The SMILES string of the molecule is Cl.O=C(C1CCNCC1F)N1N=CCC1c1cc(F)cc(F)c1. The highest BCUT2D eigenvalue weighted by atomic mass is 35.5. The van der Waals surface area contributed by atoms with Crippen molar-refractivity contribution in [3.05, 3.63) is 35.4 Å². The highest BCUT2D eigenvalue weighted by molar-refractivity contribution is 5.85. The van der Waals surface area contributed by atoms with Crippen LogP contribution in [0.5, 0.6) is 0 Å². The van der Waals surface area contributed by atoms with Gasteiger partial charge in [-0.15, -0.1) is 12.4 Å². The molecule has 0 radical (unpaired) electrons. The van der Waals surface area contributed by atoms with E-state index in [2.05, 4.69) is 10.4 Å². The summed E-state index contributed by atoms with van der Waals surface area (Å²) in [5.41, 5.74) is 0.327. The van der Waals surface area contributed by atoms with Crippen molar-refractivity contribution in [1.82, 2.24) is 10.3 Å². The van der Waals surface area contributed by atoms with Gasteiger partial charge in [0.2, 0.25) is 5.91 Å². The summed E-state index contributed by atoms with van der Waals surface area (Å²) in [5.74, 6) is -2.62. The molecule has 8 heteroatoms. The Hall–Kier alpha value is -1.60. The molecule has 2 aliphatic heterocycles. The number of halogens is 4. The molecule has 0 aliphatic carbocycles. The number of hydrogen-bond acceptors (Lipinski definition) is 3. The second-order valence-electron chi connectivity index (χ2n) is 5.55. The Morgan fingerprint density at radius 1 is 1.26 bits per heavy atom. The Balaban J connectivity index is 0.00000192. The predicted molar refractivity (Wildman–Crippen MR) is 82.2 cm³/mol. The first kappa shape index (κ1) is 17.7. The Bertz CT molecular complexity index is 593. The van der Waals surface area contributed by atoms with Crippen molar-refractivity contribution in [2.24, 2.45) is 11.0 Å². The molecule has 0 bridgehead atoms. The van der Waals surface area contributed by atoms with E-state index in [0.29, 0.717) is 24.9 Å². The summed E-state index contributed by atoms with van der Waals surface area (Å²) in [5, 5.41) is 8.04. The molecule has 23 heavy (non-hydrogen) atoms. The monoisotopic (exact) mass is 347 g/mol. The molecule has 1 aromatic rings. The van der Waals surface area contributed by atoms with Gasteiger partial charge in [-0.3, -0.25) is 4.79 Å². The van der Waals surface area contributed by atoms with Crippen LogP contribution in [-0.2, 0) is 4.79 Å². The second kappa shape index (κ2) is 7.31. The van der Waals surface area contributed by atoms with E-state index < -0.39 is 35.7 Å². The van der Waals surface area contributed by atoms with Crippen LogP contribution in [0.25, 0.3) is 0 Å². The zero-order chi connectivity index (χ0) is 15.7. The molecule has 3 unspecified atom stereocenters. The smallest absolute Gasteiger partial charge is 0.249 e. The number of nitrogens with one attached hydrogen (secondary N) is 1. The maximum Gasteiger partial charge on any atom is 0.249 e. The summed E-state index contributed by atoms with van der Waals surface area (Å²) < 4.78 is 40.7. The van der Waals surface area contributed by atoms with Crippen LogP contribution >= 0.6 is 12.4 Å². The third kappa shape index (κ3) is 3.67. The number of piperidine rings is 1. The molecular weight excluding hydrogens is 331 g/mol. The lowest BCUT2D eigenvalue weighted by atomic mass is 9.94. The molecule has 2 heterocycles. The van der Waals surface area contributed by atoms with Gasteiger partial charge in [0.25, 0.3) is 0 Å². The summed E-state index contributed by atoms with van der Waals surface area (Å²) in [6.45, 7) is 0.695. The van der Waals surface area contributed by atoms with Crippen LogP contribution in [0, 0.1) is 17.6 Å². The molecule has 1 saturated heterocycles. The lowest BCUT2D eigenvalue weighted by molar-refractivity contribution is -0.140. The molecule has 0 spiro atoms. The molecule has 3 rings (SSSR count). The number of benzene rings is 1. The van der Waals surface area contributed by atoms with E-state index >= 15 is 0 Å². The van der Waals surface area contributed by atoms with Crippen molar-refractivity contribution >= 4 is 24.5 Å². The van der Waals surface area contributed by atoms with Gasteiger partial charge in [0, 0.05) is 25.2 Å². The lowest BCUT2D eigenvalue weighted by Gasteiger charge is -2.30. The molecule has 2 aliphatic rings. The van der Waals surface area contributed by atoms with E-state index in [4.69, 9.17) is 0 Å². The van der Waals surface area contributed by atoms with Crippen molar-refractivity contribution in [3.63, 3.8) is 0 Å². The first-order chi connectivity index (χ1) is 10.6. The standard InChI is InChI=1S/C15H16F3N3O.ClH/c16-10-5-9(6-11(17)7-10)14-2-4-20-21(14)15(22)12-1-3-19-8-13(12)18;/h4-7,12-14,19H,1-3,8H2;1H. The zero-order valence-corrected chi connectivity index (χ0v) is 13.0. The number of hydrogen-bond donors (Lipinski definition) is 1. The second-order valence-corrected chi connectivity index (χ2v) is 5.55. The van der Waals surface area contributed by atoms with Crippen molar-refractivity contribution < 1.29 is 18.0 Å². The summed E-state index contributed by atoms with van der Waals surface area (Å²) >= 11 is 0. The van der Waals surface area contributed by atoms with Gasteiger partial charge in [0.1, 0.15) is 17.8 Å². The number of rotatable bonds is 2. The maximum absolute atomic E-state index is 13.9. The van der Waals surface area contributed by atoms with E-state index in [1.54, 1.807) is 0 Å². The van der Waals surface area contributed by atoms with Crippen molar-refractivity contribution in [2.75, 3.05) is 13.1 Å². The maximum atomic E-state index is 13.9. The summed E-state index contributed by atoms with van der Waals surface area (Å²) in [4.78, 5) is 12.5. The van der Waals surface area contributed by atoms with E-state index in [-0.39, 0.29) is 19.0 Å². The van der Waals surface area contributed by atoms with Crippen LogP contribution in [0.15, 0.2) is 23.3 Å². The van der Waals surface area contributed by atoms with Gasteiger partial charge >= 0.3 is 0 Å². The molecule has 0 saturated carbocycles. The van der Waals surface area contributed by atoms with E-state index in [0.717, 1.165) is 11.1 Å². The molecule has 1 fully saturated rings. The van der Waals surface area contributed by atoms with Gasteiger partial charge < -0.3 is 5.32 Å². The quantitative estimate of drug-likeness (QED) is 0.893. The van der Waals surface area contributed by atoms with Gasteiger partial charge in [0.05, 0.1) is 12.0 Å². The van der Waals surface area contributed by atoms with Crippen LogP contribution < -0.4 is 5.32 Å². The summed E-state index contributed by atoms with van der Waals surface area (Å²) in [6.07, 6.45) is 0.980. The van der Waals surface area contributed by atoms with Crippen molar-refractivity contribution in [2.45, 2.75) is 25.1 Å². The fourth-order valence-corrected chi connectivity index (χ4v) is 2.94. The highest BCUT2D eigenvalue weighted by Gasteiger charge is 2.38. The Morgan fingerprint density at radius 3 is 2.61 bits per heavy atom. The molecule has 1 aromatic carbocycles. The van der Waals surface area contributed by atoms with Crippen molar-refractivity contribution in [3.8, 4) is 0 Å². The average molecular weight is 348 g/mol. The number of carbonyl (C=O) groups is 1. The topological polar surface area (TPSA) is 44.7 Å². The average Bonchev–Trinajstić information content (AvgIpc) is 2.95. The minimum atomic E-state index is -1.28. The molecular formula is C15H17ClF3N3O. The predicted octanol–water partition coefficient (Wildman–Crippen LogP) is 2.59. The first-order valence-electron chi connectivity index (χ1n) is 7.22. The van der Waals surface area contributed by atoms with Gasteiger partial charge in [-0.25, -0.2) is 18.2 Å². The third-order valence-electron chi connectivity index (χ3n) is 4.05. The summed E-state index contributed by atoms with van der Waals surface area (Å²) in [6, 6.07) is 2.55. The van der Waals surface area contributed by atoms with Crippen LogP contribution in [0.3, 0.4) is 0 Å². The minimum Gasteiger partial charge on any atom is -0.314 e. The minimum absolute atomic E-state index is 0. The van der Waals surface area contributed by atoms with Crippen molar-refractivity contribution in [1.29, 1.82) is 0 Å². The van der Waals surface area contributed by atoms with Gasteiger partial charge in [-0.1, -0.05) is 0 Å². The molecule has 1 N–H and O–H groups in total. The van der Waals surface area contributed by atoms with Gasteiger partial charge in [-0.2, -0.15) is 5.10 Å². The van der Waals surface area contributed by atoms with E-state index in [1.807, 2.05) is 0 Å². The lowest BCUT2D eigenvalue weighted by Crippen LogP contribution is -2.46. The summed E-state index contributed by atoms with van der Waals surface area (Å²) in [7, 11) is 0. The molecule has 126 valence electrons. The third-order valence-corrected chi connectivity index (χ3v) is 4.05. The largest absolute Gasteiger partial charge is 0.314 e. The van der Waals surface area contributed by atoms with Crippen LogP contribution in [0.2, 0.25) is 0 Å². The number of hydrazone groups is 1. The van der Waals surface area contributed by atoms with E-state index in [9.17, 15) is 18.0 Å². The normalized spacial score (nSPS) is 26.9. The number of amides is 1. The van der Waals surface area contributed by atoms with E-state index in [1.165, 1.54) is 18.3 Å². The molecule has 3 atom stereocenters. The van der Waals surface area contributed by atoms with Gasteiger partial charge in [0.15, 0.2) is 0 Å². The molecule has 4 nitrogen and oxygen atoms in total. The fourth-order valence-electron chi connectivity index (χ4n) is 2.94. The molecule has 1 amide bonds. The Kier molecular flexibility index (Phi) is 5.64. The Labute approximate surface area is 138 Å². The number of alkyl halides is 1. The van der Waals surface area contributed by atoms with Gasteiger partial charge in [-0.05, 0) is 30.7 Å². The first-order valence-corrected chi connectivity index (χ1v) is 7.22. The highest BCUT2D eigenvalue weighted by Crippen LogP contribution is 2.32. The number of nitrogens with zero attached hydrogens (tertiary/aromatic N) is 2. The van der Waals surface area contributed by atoms with Crippen LogP contribution in [0.1, 0.15) is 24.4 Å². The Morgan fingerprint density at radius 2 is 1.96 bits per heavy atom. The fraction of sp³-hybridized carbons (Fsp3) is 0.467.